The highest BCUT2D eigenvalue weighted by molar-refractivity contribution is 7.97. The van der Waals surface area contributed by atoms with Crippen molar-refractivity contribution in [1.82, 2.24) is 10.3 Å². The lowest BCUT2D eigenvalue weighted by Gasteiger charge is -2.10. The molecule has 0 bridgehead atoms. The molecule has 1 aromatic heterocycles. The second-order valence-corrected chi connectivity index (χ2v) is 6.38. The Balaban J connectivity index is 2.66. The van der Waals surface area contributed by atoms with Gasteiger partial charge in [0.1, 0.15) is 5.01 Å². The van der Waals surface area contributed by atoms with E-state index >= 15 is 0 Å². The van der Waals surface area contributed by atoms with Gasteiger partial charge in [-0.3, -0.25) is 0 Å². The van der Waals surface area contributed by atoms with Crippen LogP contribution in [0.15, 0.2) is 0 Å². The van der Waals surface area contributed by atoms with Crippen molar-refractivity contribution in [3.05, 3.63) is 15.6 Å². The molecule has 0 aliphatic carbocycles. The molecule has 1 atom stereocenters. The molecular weight excluding hydrogens is 248 g/mol. The standard InChI is InChI=1S/C13H24N2S2/c1-5-7-11-12(8-14-10(3)6-2)17-13(15-11)9-16-4/h10,14H,5-9H2,1-4H3. The number of rotatable bonds is 8. The summed E-state index contributed by atoms with van der Waals surface area (Å²) in [5.74, 6) is 1.05. The number of thioether (sulfide) groups is 1. The average molecular weight is 272 g/mol. The molecule has 1 heterocycles. The van der Waals surface area contributed by atoms with Crippen molar-refractivity contribution in [2.24, 2.45) is 0 Å². The van der Waals surface area contributed by atoms with Gasteiger partial charge in [0.15, 0.2) is 0 Å². The SMILES string of the molecule is CCCc1nc(CSC)sc1CNC(C)CC. The Morgan fingerprint density at radius 3 is 2.76 bits per heavy atom. The third-order valence-corrected chi connectivity index (χ3v) is 4.64. The first-order valence-electron chi connectivity index (χ1n) is 6.41. The van der Waals surface area contributed by atoms with Crippen molar-refractivity contribution >= 4 is 23.1 Å². The Bertz CT molecular complexity index is 323. The molecule has 0 saturated carbocycles. The number of nitrogens with one attached hydrogen (secondary N) is 1. The molecule has 0 amide bonds. The fraction of sp³-hybridized carbons (Fsp3) is 0.769. The molecule has 1 N–H and O–H groups in total. The maximum absolute atomic E-state index is 4.75. The van der Waals surface area contributed by atoms with Crippen LogP contribution in [0.5, 0.6) is 0 Å². The predicted octanol–water partition coefficient (Wildman–Crippen LogP) is 3.85. The number of hydrogen-bond acceptors (Lipinski definition) is 4. The Labute approximate surface area is 114 Å². The van der Waals surface area contributed by atoms with Crippen molar-refractivity contribution in [3.8, 4) is 0 Å². The highest BCUT2D eigenvalue weighted by Gasteiger charge is 2.10. The van der Waals surface area contributed by atoms with Gasteiger partial charge >= 0.3 is 0 Å². The van der Waals surface area contributed by atoms with Crippen LogP contribution < -0.4 is 5.32 Å². The van der Waals surface area contributed by atoms with Crippen LogP contribution in [0.25, 0.3) is 0 Å². The van der Waals surface area contributed by atoms with Crippen LogP contribution in [0, 0.1) is 0 Å². The number of nitrogens with zero attached hydrogens (tertiary/aromatic N) is 1. The van der Waals surface area contributed by atoms with Crippen LogP contribution in [-0.4, -0.2) is 17.3 Å². The summed E-state index contributed by atoms with van der Waals surface area (Å²) >= 11 is 3.73. The van der Waals surface area contributed by atoms with E-state index in [0.29, 0.717) is 6.04 Å². The van der Waals surface area contributed by atoms with Crippen molar-refractivity contribution in [1.29, 1.82) is 0 Å². The van der Waals surface area contributed by atoms with Crippen molar-refractivity contribution in [2.45, 2.75) is 58.4 Å². The Hall–Kier alpha value is -0.0600. The summed E-state index contributed by atoms with van der Waals surface area (Å²) in [6.07, 6.45) is 5.61. The fourth-order valence-electron chi connectivity index (χ4n) is 1.60. The Kier molecular flexibility index (Phi) is 7.16. The molecule has 0 spiro atoms. The molecule has 1 aromatic rings. The average Bonchev–Trinajstić information content (AvgIpc) is 2.69. The van der Waals surface area contributed by atoms with E-state index in [4.69, 9.17) is 4.98 Å². The zero-order chi connectivity index (χ0) is 12.7. The lowest BCUT2D eigenvalue weighted by atomic mass is 10.2. The minimum Gasteiger partial charge on any atom is -0.309 e. The Morgan fingerprint density at radius 1 is 1.41 bits per heavy atom. The largest absolute Gasteiger partial charge is 0.309 e. The van der Waals surface area contributed by atoms with E-state index in [-0.39, 0.29) is 0 Å². The van der Waals surface area contributed by atoms with Crippen LogP contribution in [0.3, 0.4) is 0 Å². The van der Waals surface area contributed by atoms with Crippen molar-refractivity contribution < 1.29 is 0 Å². The van der Waals surface area contributed by atoms with Crippen molar-refractivity contribution in [2.75, 3.05) is 6.26 Å². The normalized spacial score (nSPS) is 12.9. The van der Waals surface area contributed by atoms with E-state index in [1.807, 2.05) is 23.1 Å². The Morgan fingerprint density at radius 2 is 2.18 bits per heavy atom. The molecule has 0 fully saturated rings. The monoisotopic (exact) mass is 272 g/mol. The van der Waals surface area contributed by atoms with E-state index < -0.39 is 0 Å². The second kappa shape index (κ2) is 8.11. The van der Waals surface area contributed by atoms with Gasteiger partial charge in [-0.05, 0) is 26.0 Å². The first kappa shape index (κ1) is 15.0. The van der Waals surface area contributed by atoms with Gasteiger partial charge in [0.25, 0.3) is 0 Å². The maximum atomic E-state index is 4.75. The summed E-state index contributed by atoms with van der Waals surface area (Å²) in [5, 5.41) is 4.85. The topological polar surface area (TPSA) is 24.9 Å². The summed E-state index contributed by atoms with van der Waals surface area (Å²) in [6, 6.07) is 0.593. The highest BCUT2D eigenvalue weighted by atomic mass is 32.2. The molecule has 0 radical (unpaired) electrons. The summed E-state index contributed by atoms with van der Waals surface area (Å²) in [5.41, 5.74) is 1.32. The van der Waals surface area contributed by atoms with E-state index in [9.17, 15) is 0 Å². The smallest absolute Gasteiger partial charge is 0.103 e. The highest BCUT2D eigenvalue weighted by Crippen LogP contribution is 2.23. The van der Waals surface area contributed by atoms with Gasteiger partial charge < -0.3 is 5.32 Å². The molecule has 2 nitrogen and oxygen atoms in total. The molecule has 4 heteroatoms. The lowest BCUT2D eigenvalue weighted by molar-refractivity contribution is 0.535. The van der Waals surface area contributed by atoms with E-state index in [1.165, 1.54) is 28.4 Å². The number of aryl methyl sites for hydroxylation is 1. The van der Waals surface area contributed by atoms with Crippen LogP contribution in [-0.2, 0) is 18.7 Å². The molecule has 0 aliphatic heterocycles. The molecule has 0 saturated heterocycles. The minimum atomic E-state index is 0.593. The fourth-order valence-corrected chi connectivity index (χ4v) is 3.37. The summed E-state index contributed by atoms with van der Waals surface area (Å²) in [6.45, 7) is 7.66. The zero-order valence-corrected chi connectivity index (χ0v) is 13.0. The second-order valence-electron chi connectivity index (χ2n) is 4.35. The van der Waals surface area contributed by atoms with Gasteiger partial charge in [0.2, 0.25) is 0 Å². The lowest BCUT2D eigenvalue weighted by Crippen LogP contribution is -2.24. The number of thiazole rings is 1. The van der Waals surface area contributed by atoms with Crippen LogP contribution in [0.1, 0.15) is 49.2 Å². The van der Waals surface area contributed by atoms with Crippen molar-refractivity contribution in [3.63, 3.8) is 0 Å². The molecule has 0 aromatic carbocycles. The molecule has 1 unspecified atom stereocenters. The molecular formula is C13H24N2S2. The van der Waals surface area contributed by atoms with Gasteiger partial charge in [-0.15, -0.1) is 11.3 Å². The van der Waals surface area contributed by atoms with E-state index in [2.05, 4.69) is 32.3 Å². The van der Waals surface area contributed by atoms with Crippen LogP contribution in [0.4, 0.5) is 0 Å². The number of hydrogen-bond donors (Lipinski definition) is 1. The quantitative estimate of drug-likeness (QED) is 0.778. The predicted molar refractivity (Wildman–Crippen MR) is 79.9 cm³/mol. The van der Waals surface area contributed by atoms with Crippen LogP contribution >= 0.6 is 23.1 Å². The maximum Gasteiger partial charge on any atom is 0.103 e. The first-order chi connectivity index (χ1) is 8.21. The summed E-state index contributed by atoms with van der Waals surface area (Å²) < 4.78 is 0. The van der Waals surface area contributed by atoms with Gasteiger partial charge in [0.05, 0.1) is 5.69 Å². The third kappa shape index (κ3) is 4.98. The zero-order valence-electron chi connectivity index (χ0n) is 11.4. The van der Waals surface area contributed by atoms with Gasteiger partial charge in [-0.25, -0.2) is 4.98 Å². The molecule has 1 rings (SSSR count). The molecule has 98 valence electrons. The van der Waals surface area contributed by atoms with Gasteiger partial charge in [-0.2, -0.15) is 11.8 Å². The van der Waals surface area contributed by atoms with E-state index in [0.717, 1.165) is 18.7 Å². The van der Waals surface area contributed by atoms with Crippen LogP contribution in [0.2, 0.25) is 0 Å². The summed E-state index contributed by atoms with van der Waals surface area (Å²) in [4.78, 5) is 6.19. The number of aromatic nitrogens is 1. The molecule has 17 heavy (non-hydrogen) atoms. The molecule has 0 aliphatic rings. The van der Waals surface area contributed by atoms with E-state index in [1.54, 1.807) is 0 Å². The van der Waals surface area contributed by atoms with Gasteiger partial charge in [0, 0.05) is 23.2 Å². The summed E-state index contributed by atoms with van der Waals surface area (Å²) in [7, 11) is 0. The minimum absolute atomic E-state index is 0.593. The first-order valence-corrected chi connectivity index (χ1v) is 8.62. The van der Waals surface area contributed by atoms with Gasteiger partial charge in [-0.1, -0.05) is 20.3 Å². The third-order valence-electron chi connectivity index (χ3n) is 2.80.